The first-order valence-corrected chi connectivity index (χ1v) is 14.9. The Kier molecular flexibility index (Phi) is 7.06. The summed E-state index contributed by atoms with van der Waals surface area (Å²) < 4.78 is 10.0. The van der Waals surface area contributed by atoms with Crippen molar-refractivity contribution < 1.29 is 4.74 Å². The Morgan fingerprint density at radius 2 is 1.63 bits per heavy atom. The maximum Gasteiger partial charge on any atom is 0.258 e. The molecule has 5 heterocycles. The maximum atomic E-state index is 6.27. The van der Waals surface area contributed by atoms with Crippen LogP contribution >= 0.6 is 23.2 Å². The number of imidazole rings is 1. The number of hydrogen-bond donors (Lipinski definition) is 0. The molecule has 0 aliphatic carbocycles. The first-order chi connectivity index (χ1) is 20.0. The lowest BCUT2D eigenvalue weighted by Gasteiger charge is -2.48. The Labute approximate surface area is 248 Å². The quantitative estimate of drug-likeness (QED) is 0.253. The van der Waals surface area contributed by atoms with Gasteiger partial charge < -0.3 is 14.2 Å². The number of halogens is 2. The third-order valence-corrected chi connectivity index (χ3v) is 8.92. The van der Waals surface area contributed by atoms with E-state index >= 15 is 0 Å². The summed E-state index contributed by atoms with van der Waals surface area (Å²) in [5, 5.41) is 9.96. The summed E-state index contributed by atoms with van der Waals surface area (Å²) in [5.41, 5.74) is 4.20. The molecular weight excluding hydrogens is 559 g/mol. The predicted octanol–water partition coefficient (Wildman–Crippen LogP) is 5.65. The average Bonchev–Trinajstić information content (AvgIpc) is 3.74. The molecule has 9 nitrogen and oxygen atoms in total. The summed E-state index contributed by atoms with van der Waals surface area (Å²) in [6.45, 7) is 7.71. The third kappa shape index (κ3) is 4.95. The van der Waals surface area contributed by atoms with Gasteiger partial charge in [-0.3, -0.25) is 4.90 Å². The molecule has 2 aliphatic heterocycles. The van der Waals surface area contributed by atoms with Crippen molar-refractivity contribution in [3.63, 3.8) is 0 Å². The van der Waals surface area contributed by atoms with E-state index in [-0.39, 0.29) is 24.2 Å². The van der Waals surface area contributed by atoms with Gasteiger partial charge in [0, 0.05) is 41.8 Å². The van der Waals surface area contributed by atoms with E-state index in [1.54, 1.807) is 6.33 Å². The lowest BCUT2D eigenvalue weighted by molar-refractivity contribution is 0.0977. The van der Waals surface area contributed by atoms with Crippen molar-refractivity contribution in [3.05, 3.63) is 82.4 Å². The number of anilines is 1. The van der Waals surface area contributed by atoms with E-state index in [4.69, 9.17) is 37.9 Å². The minimum absolute atomic E-state index is 0.0571. The molecular formula is C30H32Cl2N8O. The van der Waals surface area contributed by atoms with E-state index in [9.17, 15) is 0 Å². The highest BCUT2D eigenvalue weighted by molar-refractivity contribution is 6.30. The normalized spacial score (nSPS) is 22.0. The molecule has 2 aromatic carbocycles. The summed E-state index contributed by atoms with van der Waals surface area (Å²) in [4.78, 5) is 14.8. The van der Waals surface area contributed by atoms with Gasteiger partial charge >= 0.3 is 0 Å². The highest BCUT2D eigenvalue weighted by Crippen LogP contribution is 2.36. The largest absolute Gasteiger partial charge is 0.376 e. The monoisotopic (exact) mass is 590 g/mol. The molecule has 41 heavy (non-hydrogen) atoms. The fourth-order valence-corrected chi connectivity index (χ4v) is 6.66. The predicted molar refractivity (Wildman–Crippen MR) is 161 cm³/mol. The third-order valence-electron chi connectivity index (χ3n) is 8.42. The molecule has 11 heteroatoms. The van der Waals surface area contributed by atoms with Crippen LogP contribution in [0.3, 0.4) is 0 Å². The molecule has 5 aromatic rings. The summed E-state index contributed by atoms with van der Waals surface area (Å²) in [5.74, 6) is 1.42. The van der Waals surface area contributed by atoms with E-state index in [1.165, 1.54) is 11.1 Å². The number of piperazine rings is 1. The van der Waals surface area contributed by atoms with E-state index in [0.29, 0.717) is 5.78 Å². The van der Waals surface area contributed by atoms with Crippen LogP contribution in [0.25, 0.3) is 16.9 Å². The SMILES string of the molecule is C[C@@H]1CN(c2nc3nncn3c3c2ncn3CC2CCCO2)[C@@H](C)CN1C(c1ccc(Cl)cc1)c1ccc(Cl)cc1. The van der Waals surface area contributed by atoms with Gasteiger partial charge in [-0.1, -0.05) is 47.5 Å². The molecule has 2 saturated heterocycles. The molecule has 3 aromatic heterocycles. The molecule has 7 rings (SSSR count). The lowest BCUT2D eigenvalue weighted by Crippen LogP contribution is -2.57. The van der Waals surface area contributed by atoms with Crippen LogP contribution in [0.5, 0.6) is 0 Å². The van der Waals surface area contributed by atoms with Gasteiger partial charge in [-0.25, -0.2) is 9.38 Å². The van der Waals surface area contributed by atoms with Crippen LogP contribution in [-0.4, -0.2) is 71.9 Å². The minimum Gasteiger partial charge on any atom is -0.376 e. The van der Waals surface area contributed by atoms with Crippen LogP contribution < -0.4 is 4.90 Å². The topological polar surface area (TPSA) is 76.6 Å². The molecule has 0 radical (unpaired) electrons. The van der Waals surface area contributed by atoms with Gasteiger partial charge in [0.05, 0.1) is 25.0 Å². The van der Waals surface area contributed by atoms with Crippen LogP contribution in [0.4, 0.5) is 5.82 Å². The van der Waals surface area contributed by atoms with Crippen LogP contribution in [0.15, 0.2) is 61.2 Å². The standard InChI is InChI=1S/C30H32Cl2N8O/c1-19-15-39(20(2)14-38(19)27(21-5-9-23(31)10-6-21)22-7-11-24(32)12-8-22)28-26-29(40-18-34-36-30(40)35-28)37(17-33-26)16-25-4-3-13-41-25/h5-12,17-20,25,27H,3-4,13-16H2,1-2H3/t19-,20+,25?/m1/s1. The average molecular weight is 592 g/mol. The fraction of sp³-hybridized carbons (Fsp3) is 0.400. The molecule has 0 saturated carbocycles. The highest BCUT2D eigenvalue weighted by Gasteiger charge is 2.37. The van der Waals surface area contributed by atoms with E-state index < -0.39 is 0 Å². The van der Waals surface area contributed by atoms with Gasteiger partial charge in [-0.05, 0) is 62.1 Å². The number of fused-ring (bicyclic) bond motifs is 3. The Bertz CT molecular complexity index is 1620. The number of rotatable bonds is 6. The molecule has 0 spiro atoms. The summed E-state index contributed by atoms with van der Waals surface area (Å²) in [6, 6.07) is 16.8. The van der Waals surface area contributed by atoms with Gasteiger partial charge in [0.2, 0.25) is 0 Å². The number of ether oxygens (including phenoxy) is 1. The van der Waals surface area contributed by atoms with Crippen LogP contribution in [-0.2, 0) is 11.3 Å². The van der Waals surface area contributed by atoms with Crippen molar-refractivity contribution in [2.75, 3.05) is 24.6 Å². The lowest BCUT2D eigenvalue weighted by atomic mass is 9.93. The summed E-state index contributed by atoms with van der Waals surface area (Å²) in [7, 11) is 0. The Balaban J connectivity index is 1.24. The Morgan fingerprint density at radius 3 is 2.29 bits per heavy atom. The van der Waals surface area contributed by atoms with Crippen molar-refractivity contribution >= 4 is 46.0 Å². The van der Waals surface area contributed by atoms with E-state index in [0.717, 1.165) is 66.1 Å². The highest BCUT2D eigenvalue weighted by atomic mass is 35.5. The zero-order valence-corrected chi connectivity index (χ0v) is 24.6. The number of nitrogens with zero attached hydrogens (tertiary/aromatic N) is 8. The van der Waals surface area contributed by atoms with Crippen molar-refractivity contribution in [2.45, 2.75) is 57.5 Å². The summed E-state index contributed by atoms with van der Waals surface area (Å²) in [6.07, 6.45) is 5.96. The second-order valence-electron chi connectivity index (χ2n) is 11.2. The van der Waals surface area contributed by atoms with Crippen LogP contribution in [0.1, 0.15) is 43.9 Å². The summed E-state index contributed by atoms with van der Waals surface area (Å²) >= 11 is 12.5. The molecule has 212 valence electrons. The first kappa shape index (κ1) is 26.6. The molecule has 3 atom stereocenters. The van der Waals surface area contributed by atoms with Crippen LogP contribution in [0.2, 0.25) is 10.0 Å². The zero-order chi connectivity index (χ0) is 28.1. The molecule has 0 N–H and O–H groups in total. The van der Waals surface area contributed by atoms with E-state index in [2.05, 4.69) is 62.7 Å². The van der Waals surface area contributed by atoms with Crippen molar-refractivity contribution in [2.24, 2.45) is 0 Å². The second kappa shape index (κ2) is 10.9. The van der Waals surface area contributed by atoms with Gasteiger partial charge in [0.25, 0.3) is 5.78 Å². The second-order valence-corrected chi connectivity index (χ2v) is 12.1. The van der Waals surface area contributed by atoms with Gasteiger partial charge in [-0.15, -0.1) is 10.2 Å². The zero-order valence-electron chi connectivity index (χ0n) is 23.1. The van der Waals surface area contributed by atoms with Crippen molar-refractivity contribution in [3.8, 4) is 0 Å². The number of benzene rings is 2. The number of aromatic nitrogens is 6. The fourth-order valence-electron chi connectivity index (χ4n) is 6.40. The van der Waals surface area contributed by atoms with Gasteiger partial charge in [-0.2, -0.15) is 4.98 Å². The molecule has 0 amide bonds. The van der Waals surface area contributed by atoms with Gasteiger partial charge in [0.15, 0.2) is 11.5 Å². The van der Waals surface area contributed by atoms with E-state index in [1.807, 2.05) is 35.0 Å². The first-order valence-electron chi connectivity index (χ1n) is 14.2. The molecule has 2 fully saturated rings. The number of hydrogen-bond acceptors (Lipinski definition) is 7. The Hall–Kier alpha value is -3.24. The minimum atomic E-state index is 0.0571. The molecule has 2 aliphatic rings. The maximum absolute atomic E-state index is 6.27. The van der Waals surface area contributed by atoms with Crippen LogP contribution in [0, 0.1) is 0 Å². The smallest absolute Gasteiger partial charge is 0.258 e. The van der Waals surface area contributed by atoms with Crippen molar-refractivity contribution in [1.82, 2.24) is 34.0 Å². The molecule has 0 bridgehead atoms. The van der Waals surface area contributed by atoms with Crippen molar-refractivity contribution in [1.29, 1.82) is 0 Å². The molecule has 1 unspecified atom stereocenters. The van der Waals surface area contributed by atoms with Gasteiger partial charge in [0.1, 0.15) is 11.8 Å². The Morgan fingerprint density at radius 1 is 0.927 bits per heavy atom.